The van der Waals surface area contributed by atoms with E-state index < -0.39 is 5.60 Å². The van der Waals surface area contributed by atoms with Crippen LogP contribution in [0.2, 0.25) is 0 Å². The van der Waals surface area contributed by atoms with Gasteiger partial charge in [-0.15, -0.1) is 0 Å². The van der Waals surface area contributed by atoms with Crippen LogP contribution in [0.1, 0.15) is 49.8 Å². The van der Waals surface area contributed by atoms with E-state index in [0.717, 1.165) is 44.3 Å². The summed E-state index contributed by atoms with van der Waals surface area (Å²) in [5, 5.41) is 14.9. The van der Waals surface area contributed by atoms with Gasteiger partial charge in [0.2, 0.25) is 0 Å². The van der Waals surface area contributed by atoms with Crippen LogP contribution in [0.15, 0.2) is 60.7 Å². The molecule has 2 saturated carbocycles. The zero-order valence-corrected chi connectivity index (χ0v) is 17.7. The number of piperidine rings is 1. The van der Waals surface area contributed by atoms with Crippen molar-refractivity contribution < 1.29 is 9.90 Å². The van der Waals surface area contributed by atoms with Gasteiger partial charge in [-0.3, -0.25) is 9.69 Å². The van der Waals surface area contributed by atoms with Gasteiger partial charge >= 0.3 is 0 Å². The maximum absolute atomic E-state index is 13.4. The number of amides is 1. The third-order valence-corrected chi connectivity index (χ3v) is 7.86. The first-order valence-electron chi connectivity index (χ1n) is 11.5. The van der Waals surface area contributed by atoms with Crippen LogP contribution in [0.4, 0.5) is 0 Å². The summed E-state index contributed by atoms with van der Waals surface area (Å²) >= 11 is 0. The van der Waals surface area contributed by atoms with E-state index in [2.05, 4.69) is 47.5 Å². The molecule has 0 radical (unpaired) electrons. The minimum Gasteiger partial charge on any atom is -0.375 e. The second kappa shape index (κ2) is 7.82. The maximum atomic E-state index is 13.4. The van der Waals surface area contributed by atoms with Gasteiger partial charge in [-0.2, -0.15) is 0 Å². The Hall–Kier alpha value is -2.17. The van der Waals surface area contributed by atoms with Gasteiger partial charge < -0.3 is 10.4 Å². The molecule has 3 fully saturated rings. The van der Waals surface area contributed by atoms with Crippen molar-refractivity contribution in [3.05, 3.63) is 71.8 Å². The lowest BCUT2D eigenvalue weighted by Gasteiger charge is -2.34. The fourth-order valence-electron chi connectivity index (χ4n) is 5.88. The Morgan fingerprint density at radius 2 is 1.57 bits per heavy atom. The van der Waals surface area contributed by atoms with Crippen molar-refractivity contribution in [1.82, 2.24) is 10.2 Å². The summed E-state index contributed by atoms with van der Waals surface area (Å²) in [6.45, 7) is 4.29. The standard InChI is InChI=1S/C26H32N2O2/c1-18(19-10-4-2-5-11-19)28-16-22-23(17-28)24(22)27-25(29)26(30,21-14-8-9-15-21)20-12-6-3-7-13-20/h2-7,10-13,18,21-24,30H,8-9,14-17H2,1H3,(H,27,29)/t18?,22-,23+,24?,26?. The third kappa shape index (κ3) is 3.36. The molecule has 1 aliphatic heterocycles. The molecule has 5 rings (SSSR count). The van der Waals surface area contributed by atoms with Gasteiger partial charge in [0.25, 0.3) is 5.91 Å². The maximum Gasteiger partial charge on any atom is 0.257 e. The minimum absolute atomic E-state index is 0.00749. The molecule has 2 N–H and O–H groups in total. The number of nitrogens with zero attached hydrogens (tertiary/aromatic N) is 1. The molecule has 2 aromatic carbocycles. The van der Waals surface area contributed by atoms with Crippen LogP contribution >= 0.6 is 0 Å². The lowest BCUT2D eigenvalue weighted by atomic mass is 9.79. The summed E-state index contributed by atoms with van der Waals surface area (Å²) in [6.07, 6.45) is 4.01. The lowest BCUT2D eigenvalue weighted by Crippen LogP contribution is -2.51. The van der Waals surface area contributed by atoms with Gasteiger partial charge in [-0.1, -0.05) is 73.5 Å². The summed E-state index contributed by atoms with van der Waals surface area (Å²) in [4.78, 5) is 15.9. The number of nitrogens with one attached hydrogen (secondary N) is 1. The number of rotatable bonds is 6. The Kier molecular flexibility index (Phi) is 5.16. The van der Waals surface area contributed by atoms with E-state index in [1.54, 1.807) is 0 Å². The van der Waals surface area contributed by atoms with Gasteiger partial charge in [0.15, 0.2) is 5.60 Å². The Balaban J connectivity index is 1.25. The van der Waals surface area contributed by atoms with E-state index in [0.29, 0.717) is 17.9 Å². The molecule has 2 aromatic rings. The number of aliphatic hydroxyl groups is 1. The van der Waals surface area contributed by atoms with E-state index in [-0.39, 0.29) is 17.9 Å². The Morgan fingerprint density at radius 3 is 2.17 bits per heavy atom. The molecule has 3 aliphatic rings. The van der Waals surface area contributed by atoms with Crippen LogP contribution in [0.25, 0.3) is 0 Å². The molecule has 30 heavy (non-hydrogen) atoms. The molecule has 3 unspecified atom stereocenters. The number of likely N-dealkylation sites (tertiary alicyclic amines) is 1. The van der Waals surface area contributed by atoms with Crippen molar-refractivity contribution in [2.45, 2.75) is 50.3 Å². The molecule has 5 atom stereocenters. The van der Waals surface area contributed by atoms with Crippen LogP contribution in [0.3, 0.4) is 0 Å². The van der Waals surface area contributed by atoms with Gasteiger partial charge in [-0.05, 0) is 42.7 Å². The average molecular weight is 405 g/mol. The molecule has 1 heterocycles. The van der Waals surface area contributed by atoms with E-state index in [1.807, 2.05) is 30.3 Å². The van der Waals surface area contributed by atoms with Crippen molar-refractivity contribution >= 4 is 5.91 Å². The van der Waals surface area contributed by atoms with Crippen molar-refractivity contribution in [2.24, 2.45) is 17.8 Å². The molecule has 1 amide bonds. The van der Waals surface area contributed by atoms with E-state index in [4.69, 9.17) is 0 Å². The predicted octanol–water partition coefficient (Wildman–Crippen LogP) is 3.87. The number of hydrogen-bond donors (Lipinski definition) is 2. The second-order valence-electron chi connectivity index (χ2n) is 9.48. The van der Waals surface area contributed by atoms with E-state index in [1.165, 1.54) is 5.56 Å². The molecule has 1 saturated heterocycles. The largest absolute Gasteiger partial charge is 0.375 e. The molecule has 0 aromatic heterocycles. The summed E-state index contributed by atoms with van der Waals surface area (Å²) in [6, 6.07) is 20.8. The average Bonchev–Trinajstić information content (AvgIpc) is 3.22. The first-order chi connectivity index (χ1) is 14.6. The number of benzene rings is 2. The molecule has 4 nitrogen and oxygen atoms in total. The SMILES string of the molecule is CC(c1ccccc1)N1C[C@@H]2C(NC(=O)C(O)(c3ccccc3)C3CCCC3)[C@@H]2C1. The normalized spacial score (nSPS) is 29.2. The Morgan fingerprint density at radius 1 is 1.00 bits per heavy atom. The summed E-state index contributed by atoms with van der Waals surface area (Å²) in [7, 11) is 0. The first kappa shape index (κ1) is 19.8. The van der Waals surface area contributed by atoms with Crippen LogP contribution in [-0.2, 0) is 10.4 Å². The number of fused-ring (bicyclic) bond motifs is 1. The smallest absolute Gasteiger partial charge is 0.257 e. The lowest BCUT2D eigenvalue weighted by molar-refractivity contribution is -0.147. The van der Waals surface area contributed by atoms with Crippen LogP contribution < -0.4 is 5.32 Å². The quantitative estimate of drug-likeness (QED) is 0.768. The summed E-state index contributed by atoms with van der Waals surface area (Å²) in [5.74, 6) is 0.822. The summed E-state index contributed by atoms with van der Waals surface area (Å²) < 4.78 is 0. The molecule has 4 heteroatoms. The molecule has 2 aliphatic carbocycles. The molecule has 0 spiro atoms. The van der Waals surface area contributed by atoms with Crippen LogP contribution in [-0.4, -0.2) is 35.0 Å². The van der Waals surface area contributed by atoms with Gasteiger partial charge in [0.05, 0.1) is 0 Å². The van der Waals surface area contributed by atoms with Gasteiger partial charge in [-0.25, -0.2) is 0 Å². The highest BCUT2D eigenvalue weighted by atomic mass is 16.3. The number of carbonyl (C=O) groups excluding carboxylic acids is 1. The zero-order valence-electron chi connectivity index (χ0n) is 17.7. The monoisotopic (exact) mass is 404 g/mol. The highest BCUT2D eigenvalue weighted by Gasteiger charge is 2.59. The predicted molar refractivity (Wildman–Crippen MR) is 118 cm³/mol. The minimum atomic E-state index is -1.41. The van der Waals surface area contributed by atoms with E-state index in [9.17, 15) is 9.90 Å². The third-order valence-electron chi connectivity index (χ3n) is 7.86. The van der Waals surface area contributed by atoms with Crippen LogP contribution in [0, 0.1) is 17.8 Å². The van der Waals surface area contributed by atoms with Crippen molar-refractivity contribution in [3.63, 3.8) is 0 Å². The molecule has 158 valence electrons. The molecular formula is C26H32N2O2. The van der Waals surface area contributed by atoms with Crippen molar-refractivity contribution in [3.8, 4) is 0 Å². The second-order valence-corrected chi connectivity index (χ2v) is 9.48. The zero-order chi connectivity index (χ0) is 20.7. The number of carbonyl (C=O) groups is 1. The Bertz CT molecular complexity index is 868. The Labute approximate surface area is 179 Å². The summed E-state index contributed by atoms with van der Waals surface area (Å²) in [5.41, 5.74) is 0.671. The van der Waals surface area contributed by atoms with Crippen molar-refractivity contribution in [1.29, 1.82) is 0 Å². The molecular weight excluding hydrogens is 372 g/mol. The molecule has 0 bridgehead atoms. The van der Waals surface area contributed by atoms with Crippen molar-refractivity contribution in [2.75, 3.05) is 13.1 Å². The highest BCUT2D eigenvalue weighted by molar-refractivity contribution is 5.87. The number of hydrogen-bond acceptors (Lipinski definition) is 3. The van der Waals surface area contributed by atoms with Crippen LogP contribution in [0.5, 0.6) is 0 Å². The van der Waals surface area contributed by atoms with Gasteiger partial charge in [0.1, 0.15) is 0 Å². The topological polar surface area (TPSA) is 52.6 Å². The van der Waals surface area contributed by atoms with E-state index >= 15 is 0 Å². The fraction of sp³-hybridized carbons (Fsp3) is 0.500. The fourth-order valence-corrected chi connectivity index (χ4v) is 5.88. The highest BCUT2D eigenvalue weighted by Crippen LogP contribution is 2.49. The first-order valence-corrected chi connectivity index (χ1v) is 11.5. The van der Waals surface area contributed by atoms with Gasteiger partial charge in [0, 0.05) is 31.1 Å².